The summed E-state index contributed by atoms with van der Waals surface area (Å²) in [4.78, 5) is 46.0. The fraction of sp³-hybridized carbons (Fsp3) is 0.355. The standard InChI is InChI=1S/C31H35ClN4O4/c1-2-40-26-13-6-5-12-25(26)36(29(38)16-9-15-28(37)35-27-14-7-8-21-33-27)30(22-17-19-23(32)20-18-22)31(39)34-24-10-3-4-11-24/h5-8,12-14,17-21,24,30H,2-4,9-11,15-16H2,1H3,(H,34,39)(H,33,35,37)/t30-/m1/s1. The molecule has 0 bridgehead atoms. The average Bonchev–Trinajstić information content (AvgIpc) is 3.46. The molecule has 0 saturated heterocycles. The van der Waals surface area contributed by atoms with Crippen LogP contribution in [-0.2, 0) is 14.4 Å². The lowest BCUT2D eigenvalue weighted by molar-refractivity contribution is -0.127. The zero-order valence-corrected chi connectivity index (χ0v) is 23.4. The first-order chi connectivity index (χ1) is 19.5. The van der Waals surface area contributed by atoms with Crippen LogP contribution >= 0.6 is 11.6 Å². The van der Waals surface area contributed by atoms with Gasteiger partial charge in [0.1, 0.15) is 17.6 Å². The molecule has 1 aliphatic rings. The van der Waals surface area contributed by atoms with Crippen LogP contribution < -0.4 is 20.3 Å². The van der Waals surface area contributed by atoms with Crippen LogP contribution in [0.4, 0.5) is 11.5 Å². The Hall–Kier alpha value is -3.91. The monoisotopic (exact) mass is 562 g/mol. The summed E-state index contributed by atoms with van der Waals surface area (Å²) in [6.45, 7) is 2.26. The van der Waals surface area contributed by atoms with Crippen molar-refractivity contribution in [3.8, 4) is 5.75 Å². The fourth-order valence-corrected chi connectivity index (χ4v) is 5.05. The van der Waals surface area contributed by atoms with Gasteiger partial charge in [-0.25, -0.2) is 4.98 Å². The lowest BCUT2D eigenvalue weighted by atomic mass is 10.0. The van der Waals surface area contributed by atoms with Crippen LogP contribution in [0, 0.1) is 0 Å². The number of para-hydroxylation sites is 2. The van der Waals surface area contributed by atoms with Crippen molar-refractivity contribution in [1.82, 2.24) is 10.3 Å². The topological polar surface area (TPSA) is 101 Å². The number of pyridine rings is 1. The summed E-state index contributed by atoms with van der Waals surface area (Å²) < 4.78 is 5.88. The van der Waals surface area contributed by atoms with Crippen molar-refractivity contribution in [2.24, 2.45) is 0 Å². The van der Waals surface area contributed by atoms with E-state index in [0.717, 1.165) is 25.7 Å². The van der Waals surface area contributed by atoms with Gasteiger partial charge >= 0.3 is 0 Å². The number of benzene rings is 2. The Labute approximate surface area is 240 Å². The molecule has 9 heteroatoms. The summed E-state index contributed by atoms with van der Waals surface area (Å²) in [5, 5.41) is 6.45. The third-order valence-corrected chi connectivity index (χ3v) is 7.07. The van der Waals surface area contributed by atoms with Gasteiger partial charge in [0.15, 0.2) is 0 Å². The summed E-state index contributed by atoms with van der Waals surface area (Å²) in [5.74, 6) is 0.165. The zero-order chi connectivity index (χ0) is 28.3. The molecule has 1 saturated carbocycles. The molecule has 2 N–H and O–H groups in total. The molecule has 0 radical (unpaired) electrons. The molecule has 3 amide bonds. The van der Waals surface area contributed by atoms with Crippen molar-refractivity contribution < 1.29 is 19.1 Å². The maximum absolute atomic E-state index is 14.0. The van der Waals surface area contributed by atoms with Gasteiger partial charge in [-0.05, 0) is 68.1 Å². The summed E-state index contributed by atoms with van der Waals surface area (Å²) >= 11 is 6.17. The molecule has 40 heavy (non-hydrogen) atoms. The molecular formula is C31H35ClN4O4. The Bertz CT molecular complexity index is 1280. The highest BCUT2D eigenvalue weighted by Gasteiger charge is 2.35. The highest BCUT2D eigenvalue weighted by Crippen LogP contribution is 2.36. The highest BCUT2D eigenvalue weighted by molar-refractivity contribution is 6.30. The Balaban J connectivity index is 1.62. The van der Waals surface area contributed by atoms with Crippen molar-refractivity contribution in [3.63, 3.8) is 0 Å². The second-order valence-corrected chi connectivity index (χ2v) is 10.2. The lowest BCUT2D eigenvalue weighted by Crippen LogP contribution is -2.46. The zero-order valence-electron chi connectivity index (χ0n) is 22.6. The van der Waals surface area contributed by atoms with Gasteiger partial charge in [0.25, 0.3) is 0 Å². The average molecular weight is 563 g/mol. The number of ether oxygens (including phenoxy) is 1. The first-order valence-electron chi connectivity index (χ1n) is 13.8. The van der Waals surface area contributed by atoms with E-state index in [1.54, 1.807) is 60.8 Å². The van der Waals surface area contributed by atoms with Gasteiger partial charge in [0, 0.05) is 30.1 Å². The van der Waals surface area contributed by atoms with E-state index in [-0.39, 0.29) is 36.6 Å². The smallest absolute Gasteiger partial charge is 0.248 e. The van der Waals surface area contributed by atoms with Crippen LogP contribution in [0.3, 0.4) is 0 Å². The molecule has 1 atom stereocenters. The summed E-state index contributed by atoms with van der Waals surface area (Å²) in [5.41, 5.74) is 1.13. The van der Waals surface area contributed by atoms with Gasteiger partial charge in [0.05, 0.1) is 12.3 Å². The molecule has 0 spiro atoms. The molecule has 4 rings (SSSR count). The Morgan fingerprint density at radius 2 is 1.73 bits per heavy atom. The van der Waals surface area contributed by atoms with Crippen LogP contribution in [-0.4, -0.2) is 35.4 Å². The van der Waals surface area contributed by atoms with Gasteiger partial charge in [-0.2, -0.15) is 0 Å². The van der Waals surface area contributed by atoms with Crippen molar-refractivity contribution in [3.05, 3.63) is 83.5 Å². The second-order valence-electron chi connectivity index (χ2n) is 9.73. The third-order valence-electron chi connectivity index (χ3n) is 6.81. The van der Waals surface area contributed by atoms with E-state index in [2.05, 4.69) is 15.6 Å². The molecule has 0 aliphatic heterocycles. The molecule has 210 valence electrons. The van der Waals surface area contributed by atoms with Crippen LogP contribution in [0.1, 0.15) is 63.5 Å². The van der Waals surface area contributed by atoms with Gasteiger partial charge in [-0.1, -0.05) is 54.8 Å². The predicted octanol–water partition coefficient (Wildman–Crippen LogP) is 6.08. The largest absolute Gasteiger partial charge is 0.492 e. The second kappa shape index (κ2) is 14.5. The van der Waals surface area contributed by atoms with E-state index in [9.17, 15) is 14.4 Å². The number of aromatic nitrogens is 1. The van der Waals surface area contributed by atoms with Crippen molar-refractivity contribution in [1.29, 1.82) is 0 Å². The fourth-order valence-electron chi connectivity index (χ4n) is 4.93. The molecule has 2 aromatic carbocycles. The number of rotatable bonds is 12. The molecular weight excluding hydrogens is 528 g/mol. The molecule has 0 unspecified atom stereocenters. The molecule has 1 aliphatic carbocycles. The van der Waals surface area contributed by atoms with Crippen LogP contribution in [0.25, 0.3) is 0 Å². The SMILES string of the molecule is CCOc1ccccc1N(C(=O)CCCC(=O)Nc1ccccn1)[C@@H](C(=O)NC1CCCC1)c1ccc(Cl)cc1. The first kappa shape index (κ1) is 29.1. The third kappa shape index (κ3) is 7.82. The van der Waals surface area contributed by atoms with E-state index in [4.69, 9.17) is 16.3 Å². The van der Waals surface area contributed by atoms with E-state index >= 15 is 0 Å². The number of carbonyl (C=O) groups is 3. The van der Waals surface area contributed by atoms with Gasteiger partial charge in [-0.3, -0.25) is 19.3 Å². The van der Waals surface area contributed by atoms with Gasteiger partial charge in [-0.15, -0.1) is 0 Å². The highest BCUT2D eigenvalue weighted by atomic mass is 35.5. The van der Waals surface area contributed by atoms with E-state index < -0.39 is 6.04 Å². The lowest BCUT2D eigenvalue weighted by Gasteiger charge is -2.33. The number of hydrogen-bond acceptors (Lipinski definition) is 5. The number of amides is 3. The number of nitrogens with one attached hydrogen (secondary N) is 2. The number of nitrogens with zero attached hydrogens (tertiary/aromatic N) is 2. The molecule has 1 aromatic heterocycles. The Kier molecular flexibility index (Phi) is 10.5. The predicted molar refractivity (Wildman–Crippen MR) is 156 cm³/mol. The van der Waals surface area contributed by atoms with E-state index in [1.807, 2.05) is 19.1 Å². The number of carbonyl (C=O) groups excluding carboxylic acids is 3. The van der Waals surface area contributed by atoms with Gasteiger partial charge < -0.3 is 15.4 Å². The molecule has 1 heterocycles. The summed E-state index contributed by atoms with van der Waals surface area (Å²) in [6, 6.07) is 18.5. The Morgan fingerprint density at radius 1 is 1.00 bits per heavy atom. The normalized spacial score (nSPS) is 13.8. The minimum atomic E-state index is -0.950. The van der Waals surface area contributed by atoms with Crippen molar-refractivity contribution in [2.75, 3.05) is 16.8 Å². The number of halogens is 1. The van der Waals surface area contributed by atoms with Gasteiger partial charge in [0.2, 0.25) is 17.7 Å². The summed E-state index contributed by atoms with van der Waals surface area (Å²) in [7, 11) is 0. The van der Waals surface area contributed by atoms with E-state index in [0.29, 0.717) is 40.9 Å². The van der Waals surface area contributed by atoms with E-state index in [1.165, 1.54) is 4.90 Å². The number of anilines is 2. The Morgan fingerprint density at radius 3 is 2.42 bits per heavy atom. The quantitative estimate of drug-likeness (QED) is 0.279. The van der Waals surface area contributed by atoms with Crippen LogP contribution in [0.5, 0.6) is 5.75 Å². The molecule has 1 fully saturated rings. The minimum Gasteiger partial charge on any atom is -0.492 e. The van der Waals surface area contributed by atoms with Crippen molar-refractivity contribution >= 4 is 40.8 Å². The van der Waals surface area contributed by atoms with Crippen LogP contribution in [0.2, 0.25) is 5.02 Å². The maximum Gasteiger partial charge on any atom is 0.248 e. The minimum absolute atomic E-state index is 0.0525. The summed E-state index contributed by atoms with van der Waals surface area (Å²) in [6.07, 6.45) is 6.02. The first-order valence-corrected chi connectivity index (χ1v) is 14.1. The van der Waals surface area contributed by atoms with Crippen molar-refractivity contribution in [2.45, 2.75) is 64.0 Å². The maximum atomic E-state index is 14.0. The van der Waals surface area contributed by atoms with Crippen LogP contribution in [0.15, 0.2) is 72.9 Å². The number of hydrogen-bond donors (Lipinski definition) is 2. The molecule has 3 aromatic rings. The molecule has 8 nitrogen and oxygen atoms in total.